The first-order valence-electron chi connectivity index (χ1n) is 7.67. The Morgan fingerprint density at radius 3 is 2.85 bits per heavy atom. The smallest absolute Gasteiger partial charge is 0.277 e. The van der Waals surface area contributed by atoms with Crippen molar-refractivity contribution in [2.45, 2.75) is 11.9 Å². The van der Waals surface area contributed by atoms with E-state index in [1.165, 1.54) is 37.6 Å². The molecule has 8 heteroatoms. The third-order valence-electron chi connectivity index (χ3n) is 4.70. The van der Waals surface area contributed by atoms with Crippen LogP contribution in [0.25, 0.3) is 21.9 Å². The molecule has 0 amide bonds. The lowest BCUT2D eigenvalue weighted by molar-refractivity contribution is -0.110. The maximum atomic E-state index is 12.9. The molecule has 2 aliphatic heterocycles. The van der Waals surface area contributed by atoms with Crippen molar-refractivity contribution in [2.75, 3.05) is 7.11 Å². The Hall–Kier alpha value is -2.90. The van der Waals surface area contributed by atoms with Gasteiger partial charge in [0.2, 0.25) is 5.43 Å². The first-order chi connectivity index (χ1) is 12.5. The summed E-state index contributed by atoms with van der Waals surface area (Å²) in [5, 5.41) is 22.2. The summed E-state index contributed by atoms with van der Waals surface area (Å²) >= 11 is 6.10. The minimum absolute atomic E-state index is 0.0762. The molecular weight excluding hydrogens is 364 g/mol. The molecule has 7 nitrogen and oxygen atoms in total. The SMILES string of the molecule is COc1c(Cl)ccc2c(=O)c3cc4c(c(O)c3oc12)C1(O)C=COC1O4. The summed E-state index contributed by atoms with van der Waals surface area (Å²) in [5.74, 6) is -0.0712. The zero-order chi connectivity index (χ0) is 18.2. The monoisotopic (exact) mass is 374 g/mol. The summed E-state index contributed by atoms with van der Waals surface area (Å²) in [7, 11) is 1.40. The van der Waals surface area contributed by atoms with Crippen molar-refractivity contribution in [1.82, 2.24) is 0 Å². The third kappa shape index (κ3) is 1.69. The second-order valence-electron chi connectivity index (χ2n) is 6.08. The molecule has 0 fully saturated rings. The maximum Gasteiger partial charge on any atom is 0.277 e. The Bertz CT molecular complexity index is 1200. The number of hydrogen-bond acceptors (Lipinski definition) is 7. The number of halogens is 1. The topological polar surface area (TPSA) is 98.4 Å². The van der Waals surface area contributed by atoms with E-state index in [1.807, 2.05) is 0 Å². The minimum atomic E-state index is -1.67. The zero-order valence-corrected chi connectivity index (χ0v) is 14.0. The summed E-state index contributed by atoms with van der Waals surface area (Å²) < 4.78 is 21.7. The number of aliphatic hydroxyl groups is 1. The third-order valence-corrected chi connectivity index (χ3v) is 5.00. The molecule has 132 valence electrons. The molecule has 3 aromatic rings. The summed E-state index contributed by atoms with van der Waals surface area (Å²) in [6.07, 6.45) is 1.62. The lowest BCUT2D eigenvalue weighted by Gasteiger charge is -2.18. The van der Waals surface area contributed by atoms with E-state index in [1.54, 1.807) is 0 Å². The number of ether oxygens (including phenoxy) is 3. The highest BCUT2D eigenvalue weighted by atomic mass is 35.5. The first-order valence-corrected chi connectivity index (χ1v) is 8.05. The molecular formula is C18H11ClO7. The molecule has 26 heavy (non-hydrogen) atoms. The molecule has 2 N–H and O–H groups in total. The second-order valence-corrected chi connectivity index (χ2v) is 6.48. The number of hydrogen-bond donors (Lipinski definition) is 2. The standard InChI is InChI=1S/C18H11ClO7/c1-23-16-9(19)3-2-7-12(20)8-6-10-11(13(21)14(8)26-15(7)16)18(22)4-5-24-17(18)25-10/h2-6,17,21-22H,1H3. The second kappa shape index (κ2) is 4.84. The van der Waals surface area contributed by atoms with Crippen LogP contribution >= 0.6 is 11.6 Å². The van der Waals surface area contributed by atoms with Crippen molar-refractivity contribution < 1.29 is 28.8 Å². The van der Waals surface area contributed by atoms with Gasteiger partial charge in [0.15, 0.2) is 28.3 Å². The average Bonchev–Trinajstić information content (AvgIpc) is 3.09. The predicted octanol–water partition coefficient (Wildman–Crippen LogP) is 2.76. The molecule has 0 saturated heterocycles. The summed E-state index contributed by atoms with van der Waals surface area (Å²) in [4.78, 5) is 12.9. The molecule has 0 aliphatic carbocycles. The predicted molar refractivity (Wildman–Crippen MR) is 91.8 cm³/mol. The van der Waals surface area contributed by atoms with Gasteiger partial charge in [-0.25, -0.2) is 0 Å². The van der Waals surface area contributed by atoms with Gasteiger partial charge >= 0.3 is 0 Å². The first kappa shape index (κ1) is 15.4. The highest BCUT2D eigenvalue weighted by Crippen LogP contribution is 2.52. The lowest BCUT2D eigenvalue weighted by atomic mass is 9.93. The van der Waals surface area contributed by atoms with Crippen molar-refractivity contribution >= 4 is 33.5 Å². The lowest BCUT2D eigenvalue weighted by Crippen LogP contribution is -2.33. The van der Waals surface area contributed by atoms with E-state index < -0.39 is 23.1 Å². The van der Waals surface area contributed by atoms with E-state index in [0.29, 0.717) is 0 Å². The molecule has 0 bridgehead atoms. The highest BCUT2D eigenvalue weighted by Gasteiger charge is 2.53. The normalized spacial score (nSPS) is 23.0. The number of fused-ring (bicyclic) bond motifs is 5. The fraction of sp³-hybridized carbons (Fsp3) is 0.167. The molecule has 0 spiro atoms. The molecule has 0 radical (unpaired) electrons. The molecule has 5 rings (SSSR count). The Morgan fingerprint density at radius 1 is 1.27 bits per heavy atom. The largest absolute Gasteiger partial charge is 0.504 e. The summed E-state index contributed by atoms with van der Waals surface area (Å²) in [5.41, 5.74) is -1.97. The number of benzene rings is 2. The van der Waals surface area contributed by atoms with E-state index >= 15 is 0 Å². The van der Waals surface area contributed by atoms with Crippen molar-refractivity contribution in [3.8, 4) is 17.2 Å². The van der Waals surface area contributed by atoms with E-state index in [-0.39, 0.29) is 44.0 Å². The Morgan fingerprint density at radius 2 is 2.08 bits per heavy atom. The molecule has 2 aliphatic rings. The Kier molecular flexibility index (Phi) is 2.86. The van der Waals surface area contributed by atoms with Crippen molar-refractivity contribution in [1.29, 1.82) is 0 Å². The van der Waals surface area contributed by atoms with Gasteiger partial charge < -0.3 is 28.8 Å². The van der Waals surface area contributed by atoms with Crippen LogP contribution in [0.5, 0.6) is 17.2 Å². The van der Waals surface area contributed by atoms with Gasteiger partial charge in [-0.15, -0.1) is 0 Å². The van der Waals surface area contributed by atoms with Crippen LogP contribution in [0.4, 0.5) is 0 Å². The van der Waals surface area contributed by atoms with E-state index in [4.69, 9.17) is 30.2 Å². The van der Waals surface area contributed by atoms with Crippen LogP contribution in [0.2, 0.25) is 5.02 Å². The van der Waals surface area contributed by atoms with Crippen LogP contribution in [-0.2, 0) is 10.3 Å². The van der Waals surface area contributed by atoms with Gasteiger partial charge in [0.1, 0.15) is 5.75 Å². The van der Waals surface area contributed by atoms with Gasteiger partial charge in [0.05, 0.1) is 34.7 Å². The fourth-order valence-corrected chi connectivity index (χ4v) is 3.69. The van der Waals surface area contributed by atoms with Crippen molar-refractivity contribution in [2.24, 2.45) is 0 Å². The van der Waals surface area contributed by atoms with Gasteiger partial charge in [0.25, 0.3) is 6.29 Å². The Balaban J connectivity index is 1.94. The van der Waals surface area contributed by atoms with E-state index in [0.717, 1.165) is 0 Å². The zero-order valence-electron chi connectivity index (χ0n) is 13.3. The quantitative estimate of drug-likeness (QED) is 0.632. The van der Waals surface area contributed by atoms with Crippen LogP contribution < -0.4 is 14.9 Å². The number of rotatable bonds is 1. The van der Waals surface area contributed by atoms with Crippen molar-refractivity contribution in [3.05, 3.63) is 51.3 Å². The van der Waals surface area contributed by atoms with Gasteiger partial charge in [-0.05, 0) is 24.3 Å². The van der Waals surface area contributed by atoms with Gasteiger partial charge in [0, 0.05) is 0 Å². The highest BCUT2D eigenvalue weighted by molar-refractivity contribution is 6.33. The van der Waals surface area contributed by atoms with Crippen LogP contribution in [0.1, 0.15) is 5.56 Å². The van der Waals surface area contributed by atoms with Crippen LogP contribution in [0.15, 0.2) is 39.7 Å². The van der Waals surface area contributed by atoms with Crippen LogP contribution in [0, 0.1) is 0 Å². The summed E-state index contributed by atoms with van der Waals surface area (Å²) in [6.45, 7) is 0. The van der Waals surface area contributed by atoms with Crippen LogP contribution in [-0.4, -0.2) is 23.6 Å². The molecule has 0 saturated carbocycles. The van der Waals surface area contributed by atoms with Crippen molar-refractivity contribution in [3.63, 3.8) is 0 Å². The average molecular weight is 375 g/mol. The van der Waals surface area contributed by atoms with Gasteiger partial charge in [-0.2, -0.15) is 0 Å². The molecule has 2 unspecified atom stereocenters. The fourth-order valence-electron chi connectivity index (χ4n) is 3.47. The molecule has 2 aromatic carbocycles. The summed E-state index contributed by atoms with van der Waals surface area (Å²) in [6, 6.07) is 4.47. The number of phenols is 1. The van der Waals surface area contributed by atoms with Crippen LogP contribution in [0.3, 0.4) is 0 Å². The maximum absolute atomic E-state index is 12.9. The number of phenolic OH excluding ortho intramolecular Hbond substituents is 1. The molecule has 2 atom stereocenters. The minimum Gasteiger partial charge on any atom is -0.504 e. The number of aromatic hydroxyl groups is 1. The van der Waals surface area contributed by atoms with Gasteiger partial charge in [-0.3, -0.25) is 4.79 Å². The molecule has 3 heterocycles. The number of methoxy groups -OCH3 is 1. The van der Waals surface area contributed by atoms with E-state index in [9.17, 15) is 15.0 Å². The van der Waals surface area contributed by atoms with Gasteiger partial charge in [-0.1, -0.05) is 11.6 Å². The Labute approximate surface area is 150 Å². The molecule has 1 aromatic heterocycles. The van der Waals surface area contributed by atoms with E-state index in [2.05, 4.69) is 0 Å².